The number of aromatic nitrogens is 5. The number of hydrogen-bond acceptors (Lipinski definition) is 4. The van der Waals surface area contributed by atoms with Gasteiger partial charge in [-0.15, -0.1) is 0 Å². The Kier molecular flexibility index (Phi) is 1.51. The Hall–Kier alpha value is -1.85. The summed E-state index contributed by atoms with van der Waals surface area (Å²) in [5.41, 5.74) is 0. The zero-order valence-electron chi connectivity index (χ0n) is 5.92. The van der Waals surface area contributed by atoms with E-state index in [1.807, 2.05) is 0 Å². The second-order valence-electron chi connectivity index (χ2n) is 2.04. The van der Waals surface area contributed by atoms with Crippen molar-refractivity contribution in [3.05, 3.63) is 31.0 Å². The highest BCUT2D eigenvalue weighted by Gasteiger charge is 1.99. The molecule has 0 saturated carbocycles. The van der Waals surface area contributed by atoms with Crippen molar-refractivity contribution in [2.24, 2.45) is 0 Å². The second-order valence-corrected chi connectivity index (χ2v) is 2.04. The van der Waals surface area contributed by atoms with Gasteiger partial charge >= 0.3 is 0 Å². The van der Waals surface area contributed by atoms with Crippen molar-refractivity contribution in [3.8, 4) is 5.82 Å². The minimum Gasteiger partial charge on any atom is -0.223 e. The van der Waals surface area contributed by atoms with Gasteiger partial charge in [-0.2, -0.15) is 9.49 Å². The Labute approximate surface area is 66.9 Å². The fourth-order valence-corrected chi connectivity index (χ4v) is 0.776. The lowest BCUT2D eigenvalue weighted by molar-refractivity contribution is 0.575. The molecule has 2 aromatic rings. The van der Waals surface area contributed by atoms with E-state index in [0.717, 1.165) is 6.33 Å². The van der Waals surface area contributed by atoms with E-state index in [2.05, 4.69) is 20.1 Å². The monoisotopic (exact) mass is 165 g/mol. The normalized spacial score (nSPS) is 10.1. The Morgan fingerprint density at radius 3 is 2.83 bits per heavy atom. The van der Waals surface area contributed by atoms with Gasteiger partial charge in [0.1, 0.15) is 19.0 Å². The van der Waals surface area contributed by atoms with E-state index >= 15 is 0 Å². The number of halogens is 1. The predicted octanol–water partition coefficient (Wildman–Crippen LogP) is 0.196. The highest BCUT2D eigenvalue weighted by molar-refractivity contribution is 5.16. The molecule has 0 aliphatic heterocycles. The number of rotatable bonds is 1. The standard InChI is InChI=1S/C6H4FN5/c7-5-1-6(10-3-9-5)12-4-8-2-11-12/h1-4H. The molecule has 0 aliphatic carbocycles. The quantitative estimate of drug-likeness (QED) is 0.566. The first-order valence-corrected chi connectivity index (χ1v) is 3.19. The van der Waals surface area contributed by atoms with Crippen LogP contribution in [0.4, 0.5) is 4.39 Å². The van der Waals surface area contributed by atoms with E-state index in [4.69, 9.17) is 0 Å². The third-order valence-electron chi connectivity index (χ3n) is 1.27. The van der Waals surface area contributed by atoms with Crippen LogP contribution < -0.4 is 0 Å². The lowest BCUT2D eigenvalue weighted by Crippen LogP contribution is -1.99. The van der Waals surface area contributed by atoms with Crippen molar-refractivity contribution < 1.29 is 4.39 Å². The van der Waals surface area contributed by atoms with Gasteiger partial charge in [0, 0.05) is 6.07 Å². The summed E-state index contributed by atoms with van der Waals surface area (Å²) in [5, 5.41) is 3.78. The van der Waals surface area contributed by atoms with E-state index in [1.165, 1.54) is 23.4 Å². The van der Waals surface area contributed by atoms with Crippen LogP contribution in [0, 0.1) is 5.95 Å². The molecule has 2 aromatic heterocycles. The van der Waals surface area contributed by atoms with Gasteiger partial charge < -0.3 is 0 Å². The summed E-state index contributed by atoms with van der Waals surface area (Å²) in [4.78, 5) is 10.8. The Morgan fingerprint density at radius 1 is 1.25 bits per heavy atom. The molecule has 60 valence electrons. The molecule has 0 amide bonds. The minimum absolute atomic E-state index is 0.361. The van der Waals surface area contributed by atoms with Gasteiger partial charge in [-0.25, -0.2) is 19.6 Å². The fraction of sp³-hybridized carbons (Fsp3) is 0. The Balaban J connectivity index is 2.48. The zero-order chi connectivity index (χ0) is 8.39. The first-order chi connectivity index (χ1) is 5.86. The van der Waals surface area contributed by atoms with Crippen molar-refractivity contribution in [2.45, 2.75) is 0 Å². The van der Waals surface area contributed by atoms with Crippen LogP contribution in [0.25, 0.3) is 5.82 Å². The summed E-state index contributed by atoms with van der Waals surface area (Å²) in [6.45, 7) is 0. The van der Waals surface area contributed by atoms with Gasteiger partial charge in [0.25, 0.3) is 0 Å². The van der Waals surface area contributed by atoms with Crippen LogP contribution in [-0.2, 0) is 0 Å². The predicted molar refractivity (Wildman–Crippen MR) is 36.9 cm³/mol. The van der Waals surface area contributed by atoms with Crippen molar-refractivity contribution in [2.75, 3.05) is 0 Å². The summed E-state index contributed by atoms with van der Waals surface area (Å²) in [5.74, 6) is -0.226. The molecule has 0 bridgehead atoms. The second kappa shape index (κ2) is 2.65. The minimum atomic E-state index is -0.587. The summed E-state index contributed by atoms with van der Waals surface area (Å²) in [7, 11) is 0. The third kappa shape index (κ3) is 1.14. The largest absolute Gasteiger partial charge is 0.223 e. The Morgan fingerprint density at radius 2 is 2.17 bits per heavy atom. The lowest BCUT2D eigenvalue weighted by atomic mass is 10.6. The molecular formula is C6H4FN5. The third-order valence-corrected chi connectivity index (χ3v) is 1.27. The summed E-state index contributed by atoms with van der Waals surface area (Å²) < 4.78 is 13.9. The molecule has 0 N–H and O–H groups in total. The summed E-state index contributed by atoms with van der Waals surface area (Å²) >= 11 is 0. The topological polar surface area (TPSA) is 56.5 Å². The molecule has 0 spiro atoms. The maximum atomic E-state index is 12.5. The molecule has 5 nitrogen and oxygen atoms in total. The molecule has 12 heavy (non-hydrogen) atoms. The Bertz CT molecular complexity index is 371. The van der Waals surface area contributed by atoms with Crippen molar-refractivity contribution in [1.29, 1.82) is 0 Å². The first kappa shape index (κ1) is 6.84. The highest BCUT2D eigenvalue weighted by Crippen LogP contribution is 1.99. The molecule has 0 saturated heterocycles. The van der Waals surface area contributed by atoms with Gasteiger partial charge in [0.15, 0.2) is 5.82 Å². The first-order valence-electron chi connectivity index (χ1n) is 3.19. The van der Waals surface area contributed by atoms with Crippen LogP contribution in [0.5, 0.6) is 0 Å². The van der Waals surface area contributed by atoms with E-state index < -0.39 is 5.95 Å². The molecule has 0 fully saturated rings. The SMILES string of the molecule is Fc1cc(-n2cncn2)ncn1. The lowest BCUT2D eigenvalue weighted by Gasteiger charge is -1.96. The van der Waals surface area contributed by atoms with E-state index in [9.17, 15) is 4.39 Å². The van der Waals surface area contributed by atoms with Gasteiger partial charge in [-0.1, -0.05) is 0 Å². The number of nitrogens with zero attached hydrogens (tertiary/aromatic N) is 5. The maximum Gasteiger partial charge on any atom is 0.218 e. The van der Waals surface area contributed by atoms with Crippen molar-refractivity contribution in [3.63, 3.8) is 0 Å². The summed E-state index contributed by atoms with van der Waals surface area (Å²) in [6.07, 6.45) is 3.91. The zero-order valence-corrected chi connectivity index (χ0v) is 5.92. The van der Waals surface area contributed by atoms with Crippen molar-refractivity contribution in [1.82, 2.24) is 24.7 Å². The van der Waals surface area contributed by atoms with Crippen LogP contribution >= 0.6 is 0 Å². The van der Waals surface area contributed by atoms with Gasteiger partial charge in [-0.3, -0.25) is 0 Å². The molecule has 0 atom stereocenters. The van der Waals surface area contributed by atoms with E-state index in [-0.39, 0.29) is 0 Å². The maximum absolute atomic E-state index is 12.5. The van der Waals surface area contributed by atoms with Gasteiger partial charge in [0.2, 0.25) is 5.95 Å². The van der Waals surface area contributed by atoms with E-state index in [0.29, 0.717) is 5.82 Å². The molecule has 2 heterocycles. The fourth-order valence-electron chi connectivity index (χ4n) is 0.776. The molecule has 2 rings (SSSR count). The van der Waals surface area contributed by atoms with Crippen LogP contribution in [0.15, 0.2) is 25.0 Å². The molecular weight excluding hydrogens is 161 g/mol. The molecule has 0 unspecified atom stereocenters. The molecule has 0 radical (unpaired) electrons. The molecule has 6 heteroatoms. The van der Waals surface area contributed by atoms with Crippen LogP contribution in [0.3, 0.4) is 0 Å². The van der Waals surface area contributed by atoms with Crippen LogP contribution in [0.2, 0.25) is 0 Å². The van der Waals surface area contributed by atoms with Crippen LogP contribution in [-0.4, -0.2) is 24.7 Å². The highest BCUT2D eigenvalue weighted by atomic mass is 19.1. The molecule has 0 aromatic carbocycles. The van der Waals surface area contributed by atoms with Gasteiger partial charge in [-0.05, 0) is 0 Å². The van der Waals surface area contributed by atoms with E-state index in [1.54, 1.807) is 0 Å². The number of hydrogen-bond donors (Lipinski definition) is 0. The molecule has 0 aliphatic rings. The van der Waals surface area contributed by atoms with Crippen molar-refractivity contribution >= 4 is 0 Å². The smallest absolute Gasteiger partial charge is 0.218 e. The van der Waals surface area contributed by atoms with Gasteiger partial charge in [0.05, 0.1) is 0 Å². The van der Waals surface area contributed by atoms with Crippen LogP contribution in [0.1, 0.15) is 0 Å². The summed E-state index contributed by atoms with van der Waals surface area (Å²) in [6, 6.07) is 1.18. The average molecular weight is 165 g/mol. The average Bonchev–Trinajstić information content (AvgIpc) is 2.56.